The number of amides is 1. The molecule has 1 saturated heterocycles. The Bertz CT molecular complexity index is 1280. The van der Waals surface area contributed by atoms with E-state index in [1.807, 2.05) is 29.4 Å². The van der Waals surface area contributed by atoms with Gasteiger partial charge in [-0.2, -0.15) is 0 Å². The van der Waals surface area contributed by atoms with Crippen LogP contribution in [0.25, 0.3) is 6.08 Å². The van der Waals surface area contributed by atoms with Crippen LogP contribution < -0.4 is 4.31 Å². The van der Waals surface area contributed by atoms with Crippen LogP contribution in [0.4, 0.5) is 5.69 Å². The Labute approximate surface area is 218 Å². The summed E-state index contributed by atoms with van der Waals surface area (Å²) in [5, 5.41) is 0. The molecule has 36 heavy (non-hydrogen) atoms. The molecule has 8 heteroatoms. The molecule has 0 saturated carbocycles. The van der Waals surface area contributed by atoms with Gasteiger partial charge in [-0.15, -0.1) is 11.8 Å². The summed E-state index contributed by atoms with van der Waals surface area (Å²) in [5.74, 6) is -0.0285. The predicted octanol–water partition coefficient (Wildman–Crippen LogP) is 4.70. The van der Waals surface area contributed by atoms with Crippen molar-refractivity contribution in [2.45, 2.75) is 9.79 Å². The third-order valence-electron chi connectivity index (χ3n) is 6.33. The molecule has 0 aliphatic carbocycles. The minimum atomic E-state index is -3.68. The minimum absolute atomic E-state index is 0.0285. The highest BCUT2D eigenvalue weighted by Crippen LogP contribution is 2.25. The maximum absolute atomic E-state index is 13.0. The second kappa shape index (κ2) is 11.8. The summed E-state index contributed by atoms with van der Waals surface area (Å²) < 4.78 is 27.3. The molecule has 1 aliphatic heterocycles. The van der Waals surface area contributed by atoms with Gasteiger partial charge in [0.15, 0.2) is 0 Å². The molecule has 3 aromatic carbocycles. The first-order valence-electron chi connectivity index (χ1n) is 11.8. The van der Waals surface area contributed by atoms with Gasteiger partial charge in [0.05, 0.1) is 10.6 Å². The van der Waals surface area contributed by atoms with Gasteiger partial charge in [-0.25, -0.2) is 8.42 Å². The van der Waals surface area contributed by atoms with E-state index in [0.29, 0.717) is 24.3 Å². The molecular formula is C28H31N3O3S2. The van der Waals surface area contributed by atoms with Crippen molar-refractivity contribution in [2.75, 3.05) is 50.3 Å². The quantitative estimate of drug-likeness (QED) is 0.402. The number of thioether (sulfide) groups is 1. The highest BCUT2D eigenvalue weighted by atomic mass is 32.2. The smallest absolute Gasteiger partial charge is 0.264 e. The Kier molecular flexibility index (Phi) is 8.51. The van der Waals surface area contributed by atoms with E-state index < -0.39 is 10.0 Å². The third-order valence-corrected chi connectivity index (χ3v) is 8.87. The van der Waals surface area contributed by atoms with E-state index in [9.17, 15) is 13.2 Å². The molecule has 3 aromatic rings. The number of hydrogen-bond donors (Lipinski definition) is 0. The van der Waals surface area contributed by atoms with Gasteiger partial charge >= 0.3 is 0 Å². The van der Waals surface area contributed by atoms with E-state index in [1.165, 1.54) is 16.9 Å². The van der Waals surface area contributed by atoms with Crippen LogP contribution in [0.2, 0.25) is 0 Å². The molecule has 0 aromatic heterocycles. The Morgan fingerprint density at radius 3 is 2.17 bits per heavy atom. The zero-order valence-corrected chi connectivity index (χ0v) is 22.2. The summed E-state index contributed by atoms with van der Waals surface area (Å²) in [6, 6.07) is 23.8. The zero-order chi connectivity index (χ0) is 25.5. The molecule has 1 heterocycles. The molecule has 0 radical (unpaired) electrons. The average Bonchev–Trinajstić information content (AvgIpc) is 2.93. The van der Waals surface area contributed by atoms with Crippen molar-refractivity contribution in [1.82, 2.24) is 9.80 Å². The van der Waals surface area contributed by atoms with Crippen molar-refractivity contribution >= 4 is 39.5 Å². The Morgan fingerprint density at radius 1 is 0.917 bits per heavy atom. The number of carbonyl (C=O) groups excluding carboxylic acids is 1. The van der Waals surface area contributed by atoms with Gasteiger partial charge in [0.1, 0.15) is 0 Å². The summed E-state index contributed by atoms with van der Waals surface area (Å²) in [5.41, 5.74) is 2.25. The molecule has 0 N–H and O–H groups in total. The standard InChI is InChI=1S/C28H31N3O3S2/c1-29(36(33,34)27-16-14-26(35-2)15-17-27)25-12-10-24(11-13-25)28(32)31-21-19-30(20-22-31)18-6-9-23-7-4-3-5-8-23/h3-17H,18-22H2,1-2H3/b9-6+. The summed E-state index contributed by atoms with van der Waals surface area (Å²) in [6.45, 7) is 3.82. The van der Waals surface area contributed by atoms with Gasteiger partial charge in [-0.1, -0.05) is 42.5 Å². The maximum atomic E-state index is 13.0. The van der Waals surface area contributed by atoms with Crippen LogP contribution in [0.3, 0.4) is 0 Å². The number of benzene rings is 3. The van der Waals surface area contributed by atoms with Gasteiger partial charge in [-0.05, 0) is 60.4 Å². The van der Waals surface area contributed by atoms with Crippen molar-refractivity contribution < 1.29 is 13.2 Å². The average molecular weight is 522 g/mol. The molecule has 1 fully saturated rings. The third kappa shape index (κ3) is 6.19. The first-order chi connectivity index (χ1) is 17.4. The first kappa shape index (κ1) is 26.0. The molecular weight excluding hydrogens is 490 g/mol. The Morgan fingerprint density at radius 2 is 1.56 bits per heavy atom. The lowest BCUT2D eigenvalue weighted by Crippen LogP contribution is -2.48. The van der Waals surface area contributed by atoms with Crippen molar-refractivity contribution in [3.63, 3.8) is 0 Å². The van der Waals surface area contributed by atoms with Crippen molar-refractivity contribution in [3.8, 4) is 0 Å². The molecule has 4 rings (SSSR count). The van der Waals surface area contributed by atoms with Crippen LogP contribution >= 0.6 is 11.8 Å². The van der Waals surface area contributed by atoms with Crippen LogP contribution in [0.15, 0.2) is 94.7 Å². The van der Waals surface area contributed by atoms with Gasteiger partial charge < -0.3 is 4.90 Å². The van der Waals surface area contributed by atoms with E-state index in [2.05, 4.69) is 29.2 Å². The fourth-order valence-corrected chi connectivity index (χ4v) is 5.68. The molecule has 0 spiro atoms. The predicted molar refractivity (Wildman–Crippen MR) is 148 cm³/mol. The summed E-state index contributed by atoms with van der Waals surface area (Å²) in [4.78, 5) is 18.5. The van der Waals surface area contributed by atoms with E-state index in [1.54, 1.807) is 60.3 Å². The number of piperazine rings is 1. The normalized spacial score (nSPS) is 14.8. The van der Waals surface area contributed by atoms with Gasteiger partial charge in [0, 0.05) is 50.2 Å². The zero-order valence-electron chi connectivity index (χ0n) is 20.6. The van der Waals surface area contributed by atoms with Crippen LogP contribution in [0.5, 0.6) is 0 Å². The molecule has 0 unspecified atom stereocenters. The molecule has 1 amide bonds. The lowest BCUT2D eigenvalue weighted by molar-refractivity contribution is 0.0650. The number of sulfonamides is 1. The number of anilines is 1. The minimum Gasteiger partial charge on any atom is -0.336 e. The fraction of sp³-hybridized carbons (Fsp3) is 0.250. The molecule has 6 nitrogen and oxygen atoms in total. The maximum Gasteiger partial charge on any atom is 0.264 e. The van der Waals surface area contributed by atoms with Gasteiger partial charge in [0.2, 0.25) is 0 Å². The SMILES string of the molecule is CSc1ccc(S(=O)(=O)N(C)c2ccc(C(=O)N3CCN(C/C=C/c4ccccc4)CC3)cc2)cc1. The molecule has 1 aliphatic rings. The van der Waals surface area contributed by atoms with E-state index in [-0.39, 0.29) is 10.8 Å². The lowest BCUT2D eigenvalue weighted by Gasteiger charge is -2.34. The molecule has 0 atom stereocenters. The van der Waals surface area contributed by atoms with E-state index in [0.717, 1.165) is 24.5 Å². The van der Waals surface area contributed by atoms with Crippen molar-refractivity contribution in [2.24, 2.45) is 0 Å². The fourth-order valence-electron chi connectivity index (χ4n) is 4.08. The Hall–Kier alpha value is -3.07. The van der Waals surface area contributed by atoms with Gasteiger partial charge in [-0.3, -0.25) is 14.0 Å². The summed E-state index contributed by atoms with van der Waals surface area (Å²) >= 11 is 1.56. The number of rotatable bonds is 8. The highest BCUT2D eigenvalue weighted by molar-refractivity contribution is 7.98. The topological polar surface area (TPSA) is 60.9 Å². The monoisotopic (exact) mass is 521 g/mol. The molecule has 0 bridgehead atoms. The van der Waals surface area contributed by atoms with Crippen LogP contribution in [0, 0.1) is 0 Å². The lowest BCUT2D eigenvalue weighted by atomic mass is 10.1. The number of carbonyl (C=O) groups is 1. The number of hydrogen-bond acceptors (Lipinski definition) is 5. The summed E-state index contributed by atoms with van der Waals surface area (Å²) in [7, 11) is -2.16. The second-order valence-electron chi connectivity index (χ2n) is 8.60. The molecule has 188 valence electrons. The van der Waals surface area contributed by atoms with Crippen LogP contribution in [-0.2, 0) is 10.0 Å². The van der Waals surface area contributed by atoms with E-state index >= 15 is 0 Å². The summed E-state index contributed by atoms with van der Waals surface area (Å²) in [6.07, 6.45) is 6.23. The van der Waals surface area contributed by atoms with Crippen molar-refractivity contribution in [1.29, 1.82) is 0 Å². The number of nitrogens with zero attached hydrogens (tertiary/aromatic N) is 3. The Balaban J connectivity index is 1.33. The van der Waals surface area contributed by atoms with Crippen molar-refractivity contribution in [3.05, 3.63) is 96.1 Å². The van der Waals surface area contributed by atoms with Crippen LogP contribution in [0.1, 0.15) is 15.9 Å². The largest absolute Gasteiger partial charge is 0.336 e. The van der Waals surface area contributed by atoms with E-state index in [4.69, 9.17) is 0 Å². The van der Waals surface area contributed by atoms with Crippen LogP contribution in [-0.4, -0.2) is 70.2 Å². The second-order valence-corrected chi connectivity index (χ2v) is 11.4. The van der Waals surface area contributed by atoms with Gasteiger partial charge in [0.25, 0.3) is 15.9 Å². The highest BCUT2D eigenvalue weighted by Gasteiger charge is 2.24. The first-order valence-corrected chi connectivity index (χ1v) is 14.5.